The minimum Gasteiger partial charge on any atom is -0.438 e. The van der Waals surface area contributed by atoms with E-state index in [9.17, 15) is 9.18 Å². The Morgan fingerprint density at radius 1 is 1.12 bits per heavy atom. The van der Waals surface area contributed by atoms with Gasteiger partial charge in [-0.05, 0) is 37.5 Å². The second kappa shape index (κ2) is 6.73. The van der Waals surface area contributed by atoms with Crippen molar-refractivity contribution in [1.82, 2.24) is 0 Å². The standard InChI is InChI=1S/C20H16FNO2S/c21-16-6-4-5-14(11-16)7-8-15-13-25-20-17(23)12-18(24-19(15)20)22-9-2-1-3-10-22/h4-6,11-13H,1-3,9-10H2. The number of benzene rings is 1. The van der Waals surface area contributed by atoms with Gasteiger partial charge in [-0.15, -0.1) is 11.3 Å². The quantitative estimate of drug-likeness (QED) is 0.609. The van der Waals surface area contributed by atoms with Crippen molar-refractivity contribution in [2.24, 2.45) is 0 Å². The fraction of sp³-hybridized carbons (Fsp3) is 0.250. The van der Waals surface area contributed by atoms with E-state index in [1.165, 1.54) is 29.9 Å². The molecule has 0 radical (unpaired) electrons. The summed E-state index contributed by atoms with van der Waals surface area (Å²) in [6, 6.07) is 7.72. The zero-order chi connectivity index (χ0) is 17.2. The lowest BCUT2D eigenvalue weighted by Crippen LogP contribution is -2.29. The highest BCUT2D eigenvalue weighted by Gasteiger charge is 2.17. The molecular formula is C20H16FNO2S. The molecule has 126 valence electrons. The SMILES string of the molecule is O=c1cc(N2CCCCC2)oc2c(C#Cc3cccc(F)c3)csc12. The van der Waals surface area contributed by atoms with E-state index >= 15 is 0 Å². The van der Waals surface area contributed by atoms with Crippen molar-refractivity contribution in [3.8, 4) is 11.8 Å². The van der Waals surface area contributed by atoms with Gasteiger partial charge in [0.15, 0.2) is 11.5 Å². The van der Waals surface area contributed by atoms with E-state index in [0.717, 1.165) is 25.9 Å². The van der Waals surface area contributed by atoms with Crippen LogP contribution in [0.1, 0.15) is 30.4 Å². The van der Waals surface area contributed by atoms with E-state index in [-0.39, 0.29) is 11.2 Å². The molecule has 0 saturated carbocycles. The summed E-state index contributed by atoms with van der Waals surface area (Å²) in [5.41, 5.74) is 1.75. The predicted octanol–water partition coefficient (Wildman–Crippen LogP) is 4.38. The van der Waals surface area contributed by atoms with Crippen LogP contribution >= 0.6 is 11.3 Å². The number of rotatable bonds is 1. The Morgan fingerprint density at radius 2 is 1.96 bits per heavy atom. The molecule has 3 nitrogen and oxygen atoms in total. The topological polar surface area (TPSA) is 33.5 Å². The summed E-state index contributed by atoms with van der Waals surface area (Å²) < 4.78 is 19.9. The van der Waals surface area contributed by atoms with Gasteiger partial charge < -0.3 is 9.32 Å². The third-order valence-electron chi connectivity index (χ3n) is 4.26. The molecule has 0 atom stereocenters. The molecule has 5 heteroatoms. The van der Waals surface area contributed by atoms with Gasteiger partial charge in [-0.1, -0.05) is 17.9 Å². The number of piperidine rings is 1. The van der Waals surface area contributed by atoms with E-state index in [1.54, 1.807) is 18.2 Å². The number of hydrogen-bond donors (Lipinski definition) is 0. The van der Waals surface area contributed by atoms with Crippen LogP contribution < -0.4 is 10.3 Å². The molecule has 0 amide bonds. The van der Waals surface area contributed by atoms with Crippen molar-refractivity contribution in [2.45, 2.75) is 19.3 Å². The fourth-order valence-electron chi connectivity index (χ4n) is 2.99. The van der Waals surface area contributed by atoms with Gasteiger partial charge in [-0.2, -0.15) is 0 Å². The van der Waals surface area contributed by atoms with Crippen LogP contribution in [-0.2, 0) is 0 Å². The molecular weight excluding hydrogens is 337 g/mol. The van der Waals surface area contributed by atoms with Gasteiger partial charge in [0, 0.05) is 30.1 Å². The Morgan fingerprint density at radius 3 is 2.76 bits per heavy atom. The van der Waals surface area contributed by atoms with Gasteiger partial charge in [0.25, 0.3) is 0 Å². The van der Waals surface area contributed by atoms with Crippen LogP contribution in [0, 0.1) is 17.7 Å². The first kappa shape index (κ1) is 15.9. The summed E-state index contributed by atoms with van der Waals surface area (Å²) in [4.78, 5) is 14.5. The lowest BCUT2D eigenvalue weighted by molar-refractivity contribution is 0.513. The largest absolute Gasteiger partial charge is 0.438 e. The number of anilines is 1. The van der Waals surface area contributed by atoms with Crippen LogP contribution in [0.15, 0.2) is 44.9 Å². The average molecular weight is 353 g/mol. The van der Waals surface area contributed by atoms with E-state index in [0.29, 0.717) is 27.3 Å². The molecule has 4 rings (SSSR count). The molecule has 3 heterocycles. The van der Waals surface area contributed by atoms with Crippen molar-refractivity contribution < 1.29 is 8.81 Å². The molecule has 1 aliphatic heterocycles. The van der Waals surface area contributed by atoms with Crippen LogP contribution in [0.4, 0.5) is 10.3 Å². The van der Waals surface area contributed by atoms with E-state index in [1.807, 2.05) is 5.38 Å². The minimum atomic E-state index is -0.319. The predicted molar refractivity (Wildman–Crippen MR) is 98.8 cm³/mol. The molecule has 2 aromatic heterocycles. The molecule has 25 heavy (non-hydrogen) atoms. The summed E-state index contributed by atoms with van der Waals surface area (Å²) in [6.45, 7) is 1.81. The minimum absolute atomic E-state index is 0.0365. The Bertz CT molecular complexity index is 1040. The number of hydrogen-bond acceptors (Lipinski definition) is 4. The summed E-state index contributed by atoms with van der Waals surface area (Å²) in [5, 5.41) is 1.82. The van der Waals surface area contributed by atoms with Crippen LogP contribution in [0.25, 0.3) is 10.3 Å². The van der Waals surface area contributed by atoms with Crippen molar-refractivity contribution in [3.63, 3.8) is 0 Å². The number of thiophene rings is 1. The Kier molecular flexibility index (Phi) is 4.29. The first-order valence-corrected chi connectivity index (χ1v) is 9.16. The number of halogens is 1. The average Bonchev–Trinajstić information content (AvgIpc) is 3.04. The van der Waals surface area contributed by atoms with Gasteiger partial charge >= 0.3 is 0 Å². The second-order valence-electron chi connectivity index (χ2n) is 6.06. The molecule has 0 unspecified atom stereocenters. The van der Waals surface area contributed by atoms with Crippen molar-refractivity contribution >= 4 is 27.5 Å². The summed E-state index contributed by atoms with van der Waals surface area (Å²) >= 11 is 1.33. The molecule has 0 bridgehead atoms. The van der Waals surface area contributed by atoms with Crippen LogP contribution in [0.2, 0.25) is 0 Å². The van der Waals surface area contributed by atoms with E-state index in [4.69, 9.17) is 4.42 Å². The highest BCUT2D eigenvalue weighted by Crippen LogP contribution is 2.28. The highest BCUT2D eigenvalue weighted by molar-refractivity contribution is 7.17. The Balaban J connectivity index is 1.75. The summed E-state index contributed by atoms with van der Waals surface area (Å²) in [7, 11) is 0. The summed E-state index contributed by atoms with van der Waals surface area (Å²) in [5.74, 6) is 6.25. The first-order valence-electron chi connectivity index (χ1n) is 8.28. The molecule has 0 spiro atoms. The third-order valence-corrected chi connectivity index (χ3v) is 5.24. The van der Waals surface area contributed by atoms with Gasteiger partial charge in [-0.25, -0.2) is 4.39 Å². The lowest BCUT2D eigenvalue weighted by Gasteiger charge is -2.26. The first-order chi connectivity index (χ1) is 12.2. The zero-order valence-corrected chi connectivity index (χ0v) is 14.4. The maximum Gasteiger partial charge on any atom is 0.204 e. The third kappa shape index (κ3) is 3.31. The number of nitrogens with zero attached hydrogens (tertiary/aromatic N) is 1. The molecule has 1 fully saturated rings. The fourth-order valence-corrected chi connectivity index (χ4v) is 3.83. The van der Waals surface area contributed by atoms with Gasteiger partial charge in [0.2, 0.25) is 5.43 Å². The molecule has 0 N–H and O–H groups in total. The Labute approximate surface area is 148 Å². The maximum atomic E-state index is 13.3. The normalized spacial score (nSPS) is 14.4. The Hall–Kier alpha value is -2.58. The molecule has 1 aliphatic rings. The van der Waals surface area contributed by atoms with Gasteiger partial charge in [0.1, 0.15) is 10.5 Å². The monoisotopic (exact) mass is 353 g/mol. The molecule has 1 saturated heterocycles. The molecule has 0 aliphatic carbocycles. The van der Waals surface area contributed by atoms with Crippen LogP contribution in [0.3, 0.4) is 0 Å². The molecule has 3 aromatic rings. The van der Waals surface area contributed by atoms with E-state index in [2.05, 4.69) is 16.7 Å². The highest BCUT2D eigenvalue weighted by atomic mass is 32.1. The van der Waals surface area contributed by atoms with Gasteiger partial charge in [0.05, 0.1) is 5.56 Å². The van der Waals surface area contributed by atoms with Crippen molar-refractivity contribution in [1.29, 1.82) is 0 Å². The van der Waals surface area contributed by atoms with Crippen molar-refractivity contribution in [2.75, 3.05) is 18.0 Å². The van der Waals surface area contributed by atoms with Crippen LogP contribution in [0.5, 0.6) is 0 Å². The lowest BCUT2D eigenvalue weighted by atomic mass is 10.1. The second-order valence-corrected chi connectivity index (χ2v) is 6.94. The smallest absolute Gasteiger partial charge is 0.204 e. The maximum absolute atomic E-state index is 13.3. The zero-order valence-electron chi connectivity index (χ0n) is 13.5. The van der Waals surface area contributed by atoms with Crippen molar-refractivity contribution in [3.05, 3.63) is 62.9 Å². The van der Waals surface area contributed by atoms with E-state index < -0.39 is 0 Å². The van der Waals surface area contributed by atoms with Gasteiger partial charge in [-0.3, -0.25) is 4.79 Å². The number of fused-ring (bicyclic) bond motifs is 1. The summed E-state index contributed by atoms with van der Waals surface area (Å²) in [6.07, 6.45) is 3.43. The van der Waals surface area contributed by atoms with Crippen LogP contribution in [-0.4, -0.2) is 13.1 Å². The molecule has 1 aromatic carbocycles.